The van der Waals surface area contributed by atoms with Crippen molar-refractivity contribution in [2.24, 2.45) is 5.14 Å². The summed E-state index contributed by atoms with van der Waals surface area (Å²) in [4.78, 5) is 11.3. The van der Waals surface area contributed by atoms with Crippen molar-refractivity contribution in [1.82, 2.24) is 15.0 Å². The van der Waals surface area contributed by atoms with Crippen molar-refractivity contribution < 1.29 is 13.3 Å². The first-order valence-corrected chi connectivity index (χ1v) is 10.6. The molecular weight excluding hydrogens is 363 g/mol. The van der Waals surface area contributed by atoms with Crippen molar-refractivity contribution in [2.45, 2.75) is 44.8 Å². The molecule has 0 aliphatic heterocycles. The van der Waals surface area contributed by atoms with Crippen LogP contribution in [0.5, 0.6) is 0 Å². The van der Waals surface area contributed by atoms with Crippen LogP contribution in [0.25, 0.3) is 0 Å². The molecule has 0 aliphatic rings. The summed E-state index contributed by atoms with van der Waals surface area (Å²) in [5.41, 5.74) is 0. The standard InChI is InChI=1S/C12H24N4O3S2Si.Na/c1-4-17-22(18-5-2,19-6-3)9-7-8-10-14-11(20)16-12(15-10)21-13;/h4-9,13H2,1-3H3,(H,14,15,16,20);. The molecule has 1 aromatic heterocycles. The third-order valence-corrected chi connectivity index (χ3v) is 6.51. The van der Waals surface area contributed by atoms with Crippen LogP contribution in [0, 0.1) is 4.77 Å². The molecule has 0 fully saturated rings. The average Bonchev–Trinajstić information content (AvgIpc) is 2.47. The van der Waals surface area contributed by atoms with Gasteiger partial charge in [0.1, 0.15) is 5.82 Å². The zero-order chi connectivity index (χ0) is 16.4. The second-order valence-electron chi connectivity index (χ2n) is 4.34. The van der Waals surface area contributed by atoms with Crippen LogP contribution in [0.15, 0.2) is 5.16 Å². The minimum absolute atomic E-state index is 0. The number of aryl methyl sites for hydroxylation is 1. The normalized spacial score (nSPS) is 11.3. The van der Waals surface area contributed by atoms with Gasteiger partial charge in [0.05, 0.1) is 0 Å². The molecule has 7 nitrogen and oxygen atoms in total. The Hall–Kier alpha value is 0.637. The Morgan fingerprint density at radius 2 is 1.70 bits per heavy atom. The molecule has 1 aromatic rings. The smallest absolute Gasteiger partial charge is 0.374 e. The number of aromatic nitrogens is 3. The summed E-state index contributed by atoms with van der Waals surface area (Å²) in [6.07, 6.45) is 1.53. The van der Waals surface area contributed by atoms with Gasteiger partial charge in [-0.25, -0.2) is 4.98 Å². The first-order chi connectivity index (χ1) is 10.6. The molecule has 0 aromatic carbocycles. The van der Waals surface area contributed by atoms with Crippen LogP contribution < -0.4 is 5.14 Å². The van der Waals surface area contributed by atoms with Gasteiger partial charge in [-0.1, -0.05) is 0 Å². The van der Waals surface area contributed by atoms with E-state index in [1.165, 1.54) is 0 Å². The van der Waals surface area contributed by atoms with E-state index in [9.17, 15) is 0 Å². The zero-order valence-electron chi connectivity index (χ0n) is 14.3. The monoisotopic (exact) mass is 387 g/mol. The minimum Gasteiger partial charge on any atom is -0.374 e. The average molecular weight is 388 g/mol. The van der Waals surface area contributed by atoms with Crippen molar-refractivity contribution in [2.75, 3.05) is 19.8 Å². The van der Waals surface area contributed by atoms with Crippen LogP contribution in [0.3, 0.4) is 0 Å². The number of rotatable bonds is 11. The number of aromatic amines is 1. The fourth-order valence-corrected chi connectivity index (χ4v) is 5.23. The number of hydrogen-bond donors (Lipinski definition) is 2. The summed E-state index contributed by atoms with van der Waals surface area (Å²) in [5.74, 6) is 0.764. The van der Waals surface area contributed by atoms with Gasteiger partial charge in [0.25, 0.3) is 0 Å². The third-order valence-electron chi connectivity index (χ3n) is 2.77. The summed E-state index contributed by atoms with van der Waals surface area (Å²) in [5, 5.41) is 5.96. The van der Waals surface area contributed by atoms with E-state index in [1.54, 1.807) is 0 Å². The molecule has 127 valence electrons. The zero-order valence-corrected chi connectivity index (χ0v) is 18.9. The Morgan fingerprint density at radius 3 is 2.17 bits per heavy atom. The Balaban J connectivity index is 0.00000484. The fraction of sp³-hybridized carbons (Fsp3) is 0.750. The third kappa shape index (κ3) is 8.52. The van der Waals surface area contributed by atoms with Crippen LogP contribution in [-0.2, 0) is 19.7 Å². The number of nitrogens with two attached hydrogens (primary N) is 1. The van der Waals surface area contributed by atoms with E-state index in [0.717, 1.165) is 30.2 Å². The van der Waals surface area contributed by atoms with E-state index in [1.807, 2.05) is 20.8 Å². The van der Waals surface area contributed by atoms with Gasteiger partial charge in [-0.3, -0.25) is 5.14 Å². The van der Waals surface area contributed by atoms with Gasteiger partial charge in [-0.05, 0) is 51.4 Å². The number of nitrogens with one attached hydrogen (secondary N) is 1. The Kier molecular flexibility index (Phi) is 13.3. The minimum atomic E-state index is -2.60. The topological polar surface area (TPSA) is 95.3 Å². The molecule has 0 amide bonds. The fourth-order valence-electron chi connectivity index (χ4n) is 2.05. The molecule has 1 rings (SSSR count). The Morgan fingerprint density at radius 1 is 1.13 bits per heavy atom. The maximum Gasteiger partial charge on any atom is 0.500 e. The molecule has 0 atom stereocenters. The molecule has 0 aliphatic carbocycles. The van der Waals surface area contributed by atoms with Crippen molar-refractivity contribution >= 4 is 62.5 Å². The summed E-state index contributed by atoms with van der Waals surface area (Å²) in [6.45, 7) is 7.59. The van der Waals surface area contributed by atoms with Crippen molar-refractivity contribution in [3.8, 4) is 0 Å². The van der Waals surface area contributed by atoms with E-state index in [4.69, 9.17) is 30.6 Å². The molecule has 23 heavy (non-hydrogen) atoms. The van der Waals surface area contributed by atoms with E-state index in [-0.39, 0.29) is 29.6 Å². The van der Waals surface area contributed by atoms with Gasteiger partial charge >= 0.3 is 8.80 Å². The van der Waals surface area contributed by atoms with E-state index >= 15 is 0 Å². The number of hydrogen-bond acceptors (Lipinski definition) is 8. The second-order valence-corrected chi connectivity index (χ2v) is 8.06. The van der Waals surface area contributed by atoms with Crippen molar-refractivity contribution in [1.29, 1.82) is 0 Å². The summed E-state index contributed by atoms with van der Waals surface area (Å²) >= 11 is 6.05. The maximum atomic E-state index is 5.82. The molecule has 0 spiro atoms. The van der Waals surface area contributed by atoms with Gasteiger partial charge in [0, 0.05) is 61.8 Å². The molecular formula is C12H24N4NaO3S2Si. The van der Waals surface area contributed by atoms with Crippen molar-refractivity contribution in [3.05, 3.63) is 10.6 Å². The molecule has 0 bridgehead atoms. The van der Waals surface area contributed by atoms with Crippen molar-refractivity contribution in [3.63, 3.8) is 0 Å². The summed E-state index contributed by atoms with van der Waals surface area (Å²) < 4.78 is 17.9. The first-order valence-electron chi connectivity index (χ1n) is 7.35. The summed E-state index contributed by atoms with van der Waals surface area (Å²) in [6, 6.07) is 0.734. The maximum absolute atomic E-state index is 5.82. The van der Waals surface area contributed by atoms with Crippen LogP contribution in [0.2, 0.25) is 6.04 Å². The predicted molar refractivity (Wildman–Crippen MR) is 96.8 cm³/mol. The van der Waals surface area contributed by atoms with Crippen LogP contribution in [-0.4, -0.2) is 73.1 Å². The number of nitrogens with zero attached hydrogens (tertiary/aromatic N) is 2. The van der Waals surface area contributed by atoms with Gasteiger partial charge in [0.2, 0.25) is 9.93 Å². The molecule has 3 N–H and O–H groups in total. The van der Waals surface area contributed by atoms with Gasteiger partial charge in [0.15, 0.2) is 0 Å². The van der Waals surface area contributed by atoms with E-state index in [0.29, 0.717) is 36.2 Å². The Bertz CT molecular complexity index is 492. The predicted octanol–water partition coefficient (Wildman–Crippen LogP) is 2.10. The summed E-state index contributed by atoms with van der Waals surface area (Å²) in [7, 11) is -2.60. The second kappa shape index (κ2) is 12.9. The molecule has 1 radical (unpaired) electrons. The van der Waals surface area contributed by atoms with E-state index < -0.39 is 8.80 Å². The van der Waals surface area contributed by atoms with Crippen LogP contribution in [0.1, 0.15) is 33.0 Å². The first kappa shape index (κ1) is 23.6. The molecule has 0 unspecified atom stereocenters. The van der Waals surface area contributed by atoms with Crippen LogP contribution in [0.4, 0.5) is 0 Å². The molecule has 0 saturated heterocycles. The van der Waals surface area contributed by atoms with E-state index in [2.05, 4.69) is 15.0 Å². The van der Waals surface area contributed by atoms with Gasteiger partial charge in [-0.2, -0.15) is 4.98 Å². The van der Waals surface area contributed by atoms with Gasteiger partial charge < -0.3 is 18.3 Å². The molecule has 1 heterocycles. The molecule has 0 saturated carbocycles. The largest absolute Gasteiger partial charge is 0.500 e. The number of H-pyrrole nitrogens is 1. The van der Waals surface area contributed by atoms with Gasteiger partial charge in [-0.15, -0.1) is 0 Å². The molecule has 11 heteroatoms. The van der Waals surface area contributed by atoms with Crippen LogP contribution >= 0.6 is 24.2 Å². The quantitative estimate of drug-likeness (QED) is 0.339. The SMILES string of the molecule is CCO[Si](CCCc1nc(SN)nc(=S)[nH]1)(OCC)OCC.[Na]. The Labute approximate surface area is 170 Å².